The van der Waals surface area contributed by atoms with Crippen LogP contribution < -0.4 is 14.5 Å². The van der Waals surface area contributed by atoms with Crippen LogP contribution in [0.1, 0.15) is 81.8 Å². The Bertz CT molecular complexity index is 3580. The van der Waals surface area contributed by atoms with E-state index < -0.39 is 5.41 Å². The number of aromatic nitrogens is 2. The summed E-state index contributed by atoms with van der Waals surface area (Å²) in [6.45, 7) is 18.1. The standard InChI is InChI=1S/C66H57N4O.Pt/c1-64(2,3)51-31-22-32-53(39-51)69-45-68(44-61(69)47-25-14-9-15-26-47)54-37-48(46-23-12-8-13-24-46)38-55(41-54)71-56-42-58(66(6,7)50-29-18-11-19-30-50)63-57-33-20-21-34-59(57)70(60(63)43-56)62-40-52(35-36-67-62)65(4,5)49-27-16-10-17-28-49;/h8-40,42,44-45H,1-7H3;/q-3;. The number of anilines is 2. The van der Waals surface area contributed by atoms with Crippen molar-refractivity contribution in [1.29, 1.82) is 0 Å². The predicted octanol–water partition coefficient (Wildman–Crippen LogP) is 16.6. The topological polar surface area (TPSA) is 33.5 Å². The molecule has 11 rings (SSSR count). The summed E-state index contributed by atoms with van der Waals surface area (Å²) in [5, 5.41) is 2.24. The molecular weight excluding hydrogens is 1060 g/mol. The van der Waals surface area contributed by atoms with Crippen molar-refractivity contribution in [3.05, 3.63) is 265 Å². The van der Waals surface area contributed by atoms with Gasteiger partial charge in [0.05, 0.1) is 0 Å². The van der Waals surface area contributed by atoms with E-state index in [0.29, 0.717) is 11.5 Å². The Morgan fingerprint density at radius 2 is 1.11 bits per heavy atom. The van der Waals surface area contributed by atoms with Crippen molar-refractivity contribution >= 4 is 38.9 Å². The zero-order valence-electron chi connectivity index (χ0n) is 41.8. The van der Waals surface area contributed by atoms with Gasteiger partial charge in [0, 0.05) is 61.1 Å². The van der Waals surface area contributed by atoms with Crippen LogP contribution >= 0.6 is 0 Å². The van der Waals surface area contributed by atoms with Gasteiger partial charge in [-0.3, -0.25) is 0 Å². The Kier molecular flexibility index (Phi) is 12.9. The molecule has 0 fully saturated rings. The van der Waals surface area contributed by atoms with Crippen molar-refractivity contribution in [3.8, 4) is 28.4 Å². The Labute approximate surface area is 439 Å². The summed E-state index contributed by atoms with van der Waals surface area (Å²) in [5.41, 5.74) is 13.4. The number of hydrogen-bond donors (Lipinski definition) is 0. The van der Waals surface area contributed by atoms with Gasteiger partial charge < -0.3 is 19.1 Å². The van der Waals surface area contributed by atoms with Crippen LogP contribution in [0.3, 0.4) is 0 Å². The molecular formula is C66H57N4OPt-3. The van der Waals surface area contributed by atoms with Crippen LogP contribution in [0, 0.1) is 18.8 Å². The summed E-state index contributed by atoms with van der Waals surface area (Å²) < 4.78 is 9.46. The molecule has 0 unspecified atom stereocenters. The van der Waals surface area contributed by atoms with Crippen LogP contribution in [0.25, 0.3) is 44.4 Å². The molecule has 0 radical (unpaired) electrons. The van der Waals surface area contributed by atoms with Crippen LogP contribution in [-0.4, -0.2) is 9.55 Å². The Morgan fingerprint density at radius 3 is 1.79 bits per heavy atom. The van der Waals surface area contributed by atoms with E-state index in [9.17, 15) is 0 Å². The molecule has 72 heavy (non-hydrogen) atoms. The van der Waals surface area contributed by atoms with E-state index >= 15 is 0 Å². The average Bonchev–Trinajstić information content (AvgIpc) is 4.00. The first-order valence-corrected chi connectivity index (χ1v) is 24.5. The summed E-state index contributed by atoms with van der Waals surface area (Å²) >= 11 is 0. The van der Waals surface area contributed by atoms with Crippen molar-refractivity contribution < 1.29 is 25.8 Å². The molecule has 3 heterocycles. The minimum Gasteiger partial charge on any atom is -0.509 e. The fourth-order valence-corrected chi connectivity index (χ4v) is 10.1. The van der Waals surface area contributed by atoms with Gasteiger partial charge >= 0.3 is 0 Å². The maximum absolute atomic E-state index is 7.20. The number of hydrogen-bond acceptors (Lipinski definition) is 4. The van der Waals surface area contributed by atoms with Gasteiger partial charge in [-0.1, -0.05) is 211 Å². The van der Waals surface area contributed by atoms with E-state index in [-0.39, 0.29) is 31.9 Å². The smallest absolute Gasteiger partial charge is 0.135 e. The average molecular weight is 1120 g/mol. The first-order chi connectivity index (χ1) is 34.3. The predicted molar refractivity (Wildman–Crippen MR) is 294 cm³/mol. The zero-order valence-corrected chi connectivity index (χ0v) is 44.1. The molecule has 0 atom stereocenters. The first-order valence-electron chi connectivity index (χ1n) is 24.5. The largest absolute Gasteiger partial charge is 0.509 e. The van der Waals surface area contributed by atoms with Gasteiger partial charge in [-0.25, -0.2) is 4.98 Å². The Morgan fingerprint density at radius 1 is 0.514 bits per heavy atom. The molecule has 8 aromatic carbocycles. The molecule has 0 spiro atoms. The number of nitrogens with zero attached hydrogens (tertiary/aromatic N) is 4. The number of rotatable bonds is 11. The summed E-state index contributed by atoms with van der Waals surface area (Å²) in [5.74, 6) is 1.97. The molecule has 5 nitrogen and oxygen atoms in total. The van der Waals surface area contributed by atoms with E-state index in [1.807, 2.05) is 6.20 Å². The van der Waals surface area contributed by atoms with E-state index in [1.54, 1.807) is 0 Å². The van der Waals surface area contributed by atoms with E-state index in [1.165, 1.54) is 22.3 Å². The number of fused-ring (bicyclic) bond motifs is 3. The SMILES string of the molecule is CC(C)(C)c1cccc(N2[CH-]N(c3[c-]c(Oc4[c-]c5c(c(C(C)(C)c6ccccc6)c4)c4ccccc4n5-c4cc(C(C)(C)c5ccccc5)ccn4)cc(-c4ccccc4)c3)C=C2c2ccccc2)c1.[Pt]. The third kappa shape index (κ3) is 9.08. The number of para-hydroxylation sites is 1. The monoisotopic (exact) mass is 1120 g/mol. The minimum absolute atomic E-state index is 0. The number of benzene rings is 8. The van der Waals surface area contributed by atoms with Gasteiger partial charge in [0.15, 0.2) is 0 Å². The molecule has 2 aromatic heterocycles. The van der Waals surface area contributed by atoms with Crippen LogP contribution in [0.4, 0.5) is 11.4 Å². The second kappa shape index (κ2) is 19.3. The minimum atomic E-state index is -0.441. The van der Waals surface area contributed by atoms with E-state index in [0.717, 1.165) is 66.9 Å². The Balaban J connectivity index is 0.00000596. The number of pyridine rings is 1. The molecule has 0 saturated heterocycles. The van der Waals surface area contributed by atoms with Crippen LogP contribution in [0.2, 0.25) is 0 Å². The number of ether oxygens (including phenoxy) is 1. The molecule has 0 aliphatic carbocycles. The second-order valence-electron chi connectivity index (χ2n) is 20.7. The summed E-state index contributed by atoms with van der Waals surface area (Å²) in [6.07, 6.45) is 4.13. The van der Waals surface area contributed by atoms with Gasteiger partial charge in [0.25, 0.3) is 0 Å². The normalized spacial score (nSPS) is 13.1. The fraction of sp³-hybridized carbons (Fsp3) is 0.152. The van der Waals surface area contributed by atoms with Gasteiger partial charge in [-0.05, 0) is 86.1 Å². The Hall–Kier alpha value is -7.46. The summed E-state index contributed by atoms with van der Waals surface area (Å²) in [6, 6.07) is 78.4. The quantitative estimate of drug-likeness (QED) is 0.121. The third-order valence-electron chi connectivity index (χ3n) is 14.3. The zero-order chi connectivity index (χ0) is 48.9. The molecule has 10 aromatic rings. The van der Waals surface area contributed by atoms with Crippen molar-refractivity contribution in [3.63, 3.8) is 0 Å². The molecule has 0 saturated carbocycles. The van der Waals surface area contributed by atoms with E-state index in [4.69, 9.17) is 9.72 Å². The van der Waals surface area contributed by atoms with Gasteiger partial charge in [-0.15, -0.1) is 53.8 Å². The first kappa shape index (κ1) is 48.2. The maximum Gasteiger partial charge on any atom is 0.135 e. The molecule has 360 valence electrons. The second-order valence-corrected chi connectivity index (χ2v) is 20.7. The molecule has 1 aliphatic heterocycles. The molecule has 0 bridgehead atoms. The molecule has 0 N–H and O–H groups in total. The molecule has 6 heteroatoms. The van der Waals surface area contributed by atoms with Gasteiger partial charge in [0.2, 0.25) is 0 Å². The van der Waals surface area contributed by atoms with Crippen molar-refractivity contribution in [1.82, 2.24) is 9.55 Å². The third-order valence-corrected chi connectivity index (χ3v) is 14.3. The van der Waals surface area contributed by atoms with Crippen LogP contribution in [-0.2, 0) is 37.3 Å². The van der Waals surface area contributed by atoms with E-state index in [2.05, 4.69) is 288 Å². The summed E-state index contributed by atoms with van der Waals surface area (Å²) in [7, 11) is 0. The molecule has 1 aliphatic rings. The van der Waals surface area contributed by atoms with Crippen molar-refractivity contribution in [2.45, 2.75) is 64.7 Å². The van der Waals surface area contributed by atoms with Crippen molar-refractivity contribution in [2.75, 3.05) is 9.80 Å². The maximum atomic E-state index is 7.20. The van der Waals surface area contributed by atoms with Crippen molar-refractivity contribution in [2.24, 2.45) is 0 Å². The van der Waals surface area contributed by atoms with Gasteiger partial charge in [0.1, 0.15) is 5.82 Å². The van der Waals surface area contributed by atoms with Gasteiger partial charge in [-0.2, -0.15) is 0 Å². The molecule has 0 amide bonds. The fourth-order valence-electron chi connectivity index (χ4n) is 10.1. The van der Waals surface area contributed by atoms with Crippen LogP contribution in [0.5, 0.6) is 11.5 Å². The van der Waals surface area contributed by atoms with Crippen LogP contribution in [0.15, 0.2) is 213 Å². The summed E-state index contributed by atoms with van der Waals surface area (Å²) in [4.78, 5) is 9.54.